The molecule has 0 spiro atoms. The maximum atomic E-state index is 12.5. The monoisotopic (exact) mass is 260 g/mol. The predicted octanol–water partition coefficient (Wildman–Crippen LogP) is 3.61. The van der Waals surface area contributed by atoms with Crippen LogP contribution in [0.15, 0.2) is 29.3 Å². The Labute approximate surface area is 101 Å². The van der Waals surface area contributed by atoms with Crippen molar-refractivity contribution >= 4 is 22.6 Å². The van der Waals surface area contributed by atoms with E-state index in [9.17, 15) is 13.2 Å². The lowest BCUT2D eigenvalue weighted by Crippen LogP contribution is -2.08. The topological polar surface area (TPSA) is 24.4 Å². The summed E-state index contributed by atoms with van der Waals surface area (Å²) in [5, 5.41) is 3.57. The summed E-state index contributed by atoms with van der Waals surface area (Å²) in [5.41, 5.74) is -0.237. The van der Waals surface area contributed by atoms with Gasteiger partial charge in [-0.1, -0.05) is 17.8 Å². The van der Waals surface area contributed by atoms with Gasteiger partial charge in [-0.3, -0.25) is 4.99 Å². The van der Waals surface area contributed by atoms with E-state index in [-0.39, 0.29) is 6.04 Å². The number of alkyl halides is 3. The maximum Gasteiger partial charge on any atom is 0.416 e. The number of rotatable bonds is 1. The van der Waals surface area contributed by atoms with E-state index in [2.05, 4.69) is 10.3 Å². The van der Waals surface area contributed by atoms with Crippen LogP contribution in [0.2, 0.25) is 0 Å². The molecule has 92 valence electrons. The number of hydrogen-bond donors (Lipinski definition) is 1. The van der Waals surface area contributed by atoms with Crippen LogP contribution in [0.3, 0.4) is 0 Å². The van der Waals surface area contributed by atoms with Crippen molar-refractivity contribution in [1.82, 2.24) is 0 Å². The molecule has 1 aliphatic heterocycles. The van der Waals surface area contributed by atoms with E-state index in [1.54, 1.807) is 6.07 Å². The van der Waals surface area contributed by atoms with Gasteiger partial charge in [0, 0.05) is 11.4 Å². The Morgan fingerprint density at radius 2 is 2.18 bits per heavy atom. The van der Waals surface area contributed by atoms with Crippen molar-refractivity contribution in [3.8, 4) is 0 Å². The molecular formula is C11H11F3N2S. The van der Waals surface area contributed by atoms with Crippen LogP contribution in [0.5, 0.6) is 0 Å². The highest BCUT2D eigenvalue weighted by Crippen LogP contribution is 2.31. The SMILES string of the molecule is C[C@H]1CSC(Nc2cccc(C(F)(F)F)c2)=N1. The highest BCUT2D eigenvalue weighted by Gasteiger charge is 2.30. The van der Waals surface area contributed by atoms with Gasteiger partial charge < -0.3 is 5.32 Å². The zero-order valence-corrected chi connectivity index (χ0v) is 9.90. The lowest BCUT2D eigenvalue weighted by molar-refractivity contribution is -0.137. The van der Waals surface area contributed by atoms with Gasteiger partial charge in [-0.05, 0) is 25.1 Å². The van der Waals surface area contributed by atoms with Crippen molar-refractivity contribution in [1.29, 1.82) is 0 Å². The molecule has 0 amide bonds. The molecule has 1 atom stereocenters. The van der Waals surface area contributed by atoms with Crippen LogP contribution in [-0.2, 0) is 6.18 Å². The largest absolute Gasteiger partial charge is 0.416 e. The van der Waals surface area contributed by atoms with Crippen molar-refractivity contribution in [2.24, 2.45) is 4.99 Å². The average Bonchev–Trinajstić information content (AvgIpc) is 2.63. The van der Waals surface area contributed by atoms with Gasteiger partial charge in [0.25, 0.3) is 0 Å². The third-order valence-electron chi connectivity index (χ3n) is 2.24. The first-order valence-electron chi connectivity index (χ1n) is 5.10. The van der Waals surface area contributed by atoms with E-state index in [0.717, 1.165) is 17.9 Å². The number of anilines is 1. The lowest BCUT2D eigenvalue weighted by atomic mass is 10.2. The molecule has 1 aliphatic rings. The second-order valence-electron chi connectivity index (χ2n) is 3.80. The van der Waals surface area contributed by atoms with E-state index >= 15 is 0 Å². The van der Waals surface area contributed by atoms with Gasteiger partial charge in [0.2, 0.25) is 0 Å². The Morgan fingerprint density at radius 1 is 1.41 bits per heavy atom. The van der Waals surface area contributed by atoms with E-state index in [0.29, 0.717) is 10.9 Å². The molecular weight excluding hydrogens is 249 g/mol. The van der Waals surface area contributed by atoms with Gasteiger partial charge in [0.05, 0.1) is 11.6 Å². The van der Waals surface area contributed by atoms with Crippen LogP contribution < -0.4 is 5.32 Å². The molecule has 0 unspecified atom stereocenters. The molecule has 2 rings (SSSR count). The summed E-state index contributed by atoms with van der Waals surface area (Å²) < 4.78 is 37.4. The van der Waals surface area contributed by atoms with Crippen LogP contribution >= 0.6 is 11.8 Å². The van der Waals surface area contributed by atoms with Gasteiger partial charge in [-0.2, -0.15) is 13.2 Å². The summed E-state index contributed by atoms with van der Waals surface area (Å²) in [7, 11) is 0. The molecule has 2 nitrogen and oxygen atoms in total. The molecule has 1 aromatic rings. The minimum atomic E-state index is -4.31. The number of hydrogen-bond acceptors (Lipinski definition) is 3. The first-order valence-corrected chi connectivity index (χ1v) is 6.08. The number of nitrogens with zero attached hydrogens (tertiary/aromatic N) is 1. The normalized spacial score (nSPS) is 20.2. The maximum absolute atomic E-state index is 12.5. The summed E-state index contributed by atoms with van der Waals surface area (Å²) in [6, 6.07) is 5.34. The fourth-order valence-electron chi connectivity index (χ4n) is 1.44. The molecule has 6 heteroatoms. The highest BCUT2D eigenvalue weighted by atomic mass is 32.2. The molecule has 17 heavy (non-hydrogen) atoms. The lowest BCUT2D eigenvalue weighted by Gasteiger charge is -2.09. The van der Waals surface area contributed by atoms with Gasteiger partial charge in [0.15, 0.2) is 5.17 Å². The van der Waals surface area contributed by atoms with Crippen molar-refractivity contribution in [3.63, 3.8) is 0 Å². The second kappa shape index (κ2) is 4.60. The van der Waals surface area contributed by atoms with Crippen molar-refractivity contribution < 1.29 is 13.2 Å². The van der Waals surface area contributed by atoms with Gasteiger partial charge >= 0.3 is 6.18 Å². The molecule has 1 N–H and O–H groups in total. The Kier molecular flexibility index (Phi) is 3.33. The average molecular weight is 260 g/mol. The molecule has 1 aromatic carbocycles. The van der Waals surface area contributed by atoms with Crippen molar-refractivity contribution in [2.45, 2.75) is 19.1 Å². The van der Waals surface area contributed by atoms with Gasteiger partial charge in [-0.15, -0.1) is 0 Å². The zero-order chi connectivity index (χ0) is 12.5. The van der Waals surface area contributed by atoms with E-state index in [1.807, 2.05) is 6.92 Å². The second-order valence-corrected chi connectivity index (χ2v) is 4.81. The fraction of sp³-hybridized carbons (Fsp3) is 0.364. The molecule has 0 bridgehead atoms. The first kappa shape index (κ1) is 12.3. The zero-order valence-electron chi connectivity index (χ0n) is 9.08. The van der Waals surface area contributed by atoms with Gasteiger partial charge in [0.1, 0.15) is 0 Å². The van der Waals surface area contributed by atoms with E-state index < -0.39 is 11.7 Å². The molecule has 0 aromatic heterocycles. The van der Waals surface area contributed by atoms with Crippen LogP contribution in [0.4, 0.5) is 18.9 Å². The van der Waals surface area contributed by atoms with Crippen molar-refractivity contribution in [2.75, 3.05) is 11.1 Å². The van der Waals surface area contributed by atoms with Gasteiger partial charge in [-0.25, -0.2) is 0 Å². The standard InChI is InChI=1S/C11H11F3N2S/c1-7-6-17-10(15-7)16-9-4-2-3-8(5-9)11(12,13)14/h2-5,7H,6H2,1H3,(H,15,16)/t7-/m0/s1. The Morgan fingerprint density at radius 3 is 2.76 bits per heavy atom. The van der Waals surface area contributed by atoms with Crippen LogP contribution in [0.1, 0.15) is 12.5 Å². The molecule has 0 fully saturated rings. The summed E-state index contributed by atoms with van der Waals surface area (Å²) in [6.45, 7) is 1.97. The molecule has 0 saturated carbocycles. The number of thioether (sulfide) groups is 1. The fourth-order valence-corrected chi connectivity index (χ4v) is 2.36. The molecule has 0 saturated heterocycles. The highest BCUT2D eigenvalue weighted by molar-refractivity contribution is 8.14. The van der Waals surface area contributed by atoms with Crippen LogP contribution in [0, 0.1) is 0 Å². The first-order chi connectivity index (χ1) is 7.95. The minimum absolute atomic E-state index is 0.216. The Bertz CT molecular complexity index is 443. The number of aliphatic imine (C=N–C) groups is 1. The number of nitrogens with one attached hydrogen (secondary N) is 1. The molecule has 0 radical (unpaired) electrons. The Hall–Kier alpha value is -1.17. The van der Waals surface area contributed by atoms with E-state index in [1.165, 1.54) is 17.8 Å². The summed E-state index contributed by atoms with van der Waals surface area (Å²) in [6.07, 6.45) is -4.31. The smallest absolute Gasteiger partial charge is 0.335 e. The minimum Gasteiger partial charge on any atom is -0.335 e. The molecule has 1 heterocycles. The van der Waals surface area contributed by atoms with Crippen molar-refractivity contribution in [3.05, 3.63) is 29.8 Å². The Balaban J connectivity index is 2.15. The number of benzene rings is 1. The summed E-state index contributed by atoms with van der Waals surface area (Å²) >= 11 is 1.52. The van der Waals surface area contributed by atoms with Crippen LogP contribution in [0.25, 0.3) is 0 Å². The summed E-state index contributed by atoms with van der Waals surface area (Å²) in [4.78, 5) is 4.26. The molecule has 0 aliphatic carbocycles. The summed E-state index contributed by atoms with van der Waals surface area (Å²) in [5.74, 6) is 0.862. The number of halogens is 3. The third-order valence-corrected chi connectivity index (χ3v) is 3.37. The third kappa shape index (κ3) is 3.15. The van der Waals surface area contributed by atoms with Crippen LogP contribution in [-0.4, -0.2) is 17.0 Å². The predicted molar refractivity (Wildman–Crippen MR) is 64.4 cm³/mol. The van der Waals surface area contributed by atoms with E-state index in [4.69, 9.17) is 0 Å². The number of amidine groups is 1. The quantitative estimate of drug-likeness (QED) is 0.834.